The zero-order valence-electron chi connectivity index (χ0n) is 14.4. The predicted molar refractivity (Wildman–Crippen MR) is 100 cm³/mol. The number of aromatic nitrogens is 1. The summed E-state index contributed by atoms with van der Waals surface area (Å²) in [5, 5.41) is 5.45. The van der Waals surface area contributed by atoms with E-state index in [4.69, 9.17) is 0 Å². The van der Waals surface area contributed by atoms with E-state index in [2.05, 4.69) is 10.3 Å². The molecule has 6 heteroatoms. The molecule has 0 bridgehead atoms. The summed E-state index contributed by atoms with van der Waals surface area (Å²) < 4.78 is 0. The molecule has 1 atom stereocenters. The van der Waals surface area contributed by atoms with Crippen LogP contribution in [0.4, 0.5) is 5.13 Å². The maximum Gasteiger partial charge on any atom is 0.273 e. The van der Waals surface area contributed by atoms with Crippen LogP contribution in [0.5, 0.6) is 0 Å². The average Bonchev–Trinajstić information content (AvgIpc) is 3.15. The number of hydrogen-bond donors (Lipinski definition) is 1. The van der Waals surface area contributed by atoms with E-state index < -0.39 is 0 Å². The first kappa shape index (κ1) is 17.6. The van der Waals surface area contributed by atoms with Gasteiger partial charge in [0.15, 0.2) is 5.13 Å². The van der Waals surface area contributed by atoms with Crippen LogP contribution in [0.2, 0.25) is 0 Å². The molecular formula is C19H23N3O2S. The quantitative estimate of drug-likeness (QED) is 0.862. The van der Waals surface area contributed by atoms with E-state index in [1.54, 1.807) is 17.3 Å². The largest absolute Gasteiger partial charge is 0.365 e. The Morgan fingerprint density at radius 2 is 2.12 bits per heavy atom. The Hall–Kier alpha value is -2.21. The lowest BCUT2D eigenvalue weighted by Crippen LogP contribution is -2.42. The minimum Gasteiger partial charge on any atom is -0.365 e. The molecule has 1 aromatic carbocycles. The second-order valence-corrected chi connectivity index (χ2v) is 7.19. The van der Waals surface area contributed by atoms with E-state index in [-0.39, 0.29) is 17.6 Å². The zero-order valence-corrected chi connectivity index (χ0v) is 15.2. The molecule has 132 valence electrons. The molecule has 1 aliphatic heterocycles. The van der Waals surface area contributed by atoms with Gasteiger partial charge >= 0.3 is 0 Å². The maximum atomic E-state index is 12.6. The Bertz CT molecular complexity index is 729. The summed E-state index contributed by atoms with van der Waals surface area (Å²) in [6.07, 6.45) is 3.05. The number of nitrogens with one attached hydrogen (secondary N) is 1. The third-order valence-electron chi connectivity index (χ3n) is 4.60. The van der Waals surface area contributed by atoms with Gasteiger partial charge in [-0.3, -0.25) is 9.59 Å². The van der Waals surface area contributed by atoms with Crippen molar-refractivity contribution in [3.05, 3.63) is 47.0 Å². The van der Waals surface area contributed by atoms with Crippen molar-refractivity contribution in [2.24, 2.45) is 5.92 Å². The number of nitrogens with zero attached hydrogens (tertiary/aromatic N) is 2. The van der Waals surface area contributed by atoms with Crippen molar-refractivity contribution in [2.45, 2.75) is 25.7 Å². The van der Waals surface area contributed by atoms with Crippen LogP contribution in [0.1, 0.15) is 35.3 Å². The summed E-state index contributed by atoms with van der Waals surface area (Å²) in [4.78, 5) is 31.2. The summed E-state index contributed by atoms with van der Waals surface area (Å²) in [7, 11) is 1.79. The minimum atomic E-state index is -0.0710. The lowest BCUT2D eigenvalue weighted by molar-refractivity contribution is -0.124. The van der Waals surface area contributed by atoms with Crippen molar-refractivity contribution in [2.75, 3.05) is 25.5 Å². The molecule has 5 nitrogen and oxygen atoms in total. The number of hydrogen-bond acceptors (Lipinski definition) is 5. The molecule has 0 spiro atoms. The van der Waals surface area contributed by atoms with Crippen LogP contribution in [-0.2, 0) is 11.2 Å². The third-order valence-corrected chi connectivity index (χ3v) is 5.46. The van der Waals surface area contributed by atoms with Crippen LogP contribution in [-0.4, -0.2) is 41.7 Å². The Balaban J connectivity index is 1.56. The Morgan fingerprint density at radius 3 is 2.84 bits per heavy atom. The number of piperidine rings is 1. The molecule has 1 fully saturated rings. The monoisotopic (exact) mass is 357 g/mol. The number of thiazole rings is 1. The number of Topliss-reactive ketones (excluding diaryl/α,β-unsaturated/α-hetero) is 1. The molecule has 25 heavy (non-hydrogen) atoms. The summed E-state index contributed by atoms with van der Waals surface area (Å²) in [5.41, 5.74) is 1.65. The lowest BCUT2D eigenvalue weighted by Gasteiger charge is -2.31. The number of carbonyl (C=O) groups is 2. The molecular weight excluding hydrogens is 334 g/mol. The van der Waals surface area contributed by atoms with Crippen LogP contribution < -0.4 is 5.32 Å². The summed E-state index contributed by atoms with van der Waals surface area (Å²) >= 11 is 1.42. The van der Waals surface area contributed by atoms with E-state index in [1.165, 1.54) is 16.9 Å². The first-order chi connectivity index (χ1) is 12.2. The van der Waals surface area contributed by atoms with E-state index >= 15 is 0 Å². The van der Waals surface area contributed by atoms with Crippen LogP contribution in [0.15, 0.2) is 35.7 Å². The maximum absolute atomic E-state index is 12.6. The number of likely N-dealkylation sites (tertiary alicyclic amines) is 1. The van der Waals surface area contributed by atoms with Gasteiger partial charge in [0.05, 0.1) is 0 Å². The van der Waals surface area contributed by atoms with Gasteiger partial charge in [-0.2, -0.15) is 0 Å². The van der Waals surface area contributed by atoms with Gasteiger partial charge < -0.3 is 10.2 Å². The normalized spacial score (nSPS) is 17.3. The Labute approximate surface area is 152 Å². The highest BCUT2D eigenvalue weighted by Crippen LogP contribution is 2.23. The number of aryl methyl sites for hydroxylation is 1. The molecule has 0 aliphatic carbocycles. The summed E-state index contributed by atoms with van der Waals surface area (Å²) in [6.45, 7) is 1.21. The Kier molecular flexibility index (Phi) is 5.81. The fourth-order valence-corrected chi connectivity index (χ4v) is 3.84. The fourth-order valence-electron chi connectivity index (χ4n) is 3.19. The lowest BCUT2D eigenvalue weighted by atomic mass is 9.90. The third kappa shape index (κ3) is 4.45. The highest BCUT2D eigenvalue weighted by Gasteiger charge is 2.29. The zero-order chi connectivity index (χ0) is 17.6. The number of rotatable bonds is 6. The van der Waals surface area contributed by atoms with E-state index in [0.29, 0.717) is 25.2 Å². The first-order valence-corrected chi connectivity index (χ1v) is 9.54. The van der Waals surface area contributed by atoms with Crippen LogP contribution >= 0.6 is 11.3 Å². The van der Waals surface area contributed by atoms with Gasteiger partial charge in [0.1, 0.15) is 11.5 Å². The topological polar surface area (TPSA) is 62.3 Å². The molecule has 2 heterocycles. The van der Waals surface area contributed by atoms with Crippen molar-refractivity contribution in [1.82, 2.24) is 9.88 Å². The summed E-state index contributed by atoms with van der Waals surface area (Å²) in [6, 6.07) is 10.1. The standard InChI is InChI=1S/C19H23N3O2S/c1-20-19-21-16(13-25-19)18(24)22-11-5-8-15(12-22)17(23)10-9-14-6-3-2-4-7-14/h2-4,6-7,13,15H,5,8-12H2,1H3,(H,20,21). The molecule has 1 unspecified atom stereocenters. The van der Waals surface area contributed by atoms with Crippen molar-refractivity contribution >= 4 is 28.2 Å². The van der Waals surface area contributed by atoms with Crippen molar-refractivity contribution < 1.29 is 9.59 Å². The molecule has 1 saturated heterocycles. The molecule has 0 saturated carbocycles. The second-order valence-electron chi connectivity index (χ2n) is 6.33. The van der Waals surface area contributed by atoms with Gasteiger partial charge in [0, 0.05) is 37.9 Å². The smallest absolute Gasteiger partial charge is 0.273 e. The van der Waals surface area contributed by atoms with E-state index in [1.807, 2.05) is 30.3 Å². The molecule has 0 radical (unpaired) electrons. The fraction of sp³-hybridized carbons (Fsp3) is 0.421. The van der Waals surface area contributed by atoms with Crippen LogP contribution in [0.3, 0.4) is 0 Å². The second kappa shape index (κ2) is 8.25. The number of benzene rings is 1. The SMILES string of the molecule is CNc1nc(C(=O)N2CCCC(C(=O)CCc3ccccc3)C2)cs1. The van der Waals surface area contributed by atoms with Gasteiger partial charge in [-0.05, 0) is 24.8 Å². The van der Waals surface area contributed by atoms with Crippen molar-refractivity contribution in [1.29, 1.82) is 0 Å². The molecule has 3 rings (SSSR count). The predicted octanol–water partition coefficient (Wildman–Crippen LogP) is 3.24. The molecule has 1 amide bonds. The molecule has 1 N–H and O–H groups in total. The highest BCUT2D eigenvalue weighted by molar-refractivity contribution is 7.13. The van der Waals surface area contributed by atoms with Crippen molar-refractivity contribution in [3.63, 3.8) is 0 Å². The first-order valence-electron chi connectivity index (χ1n) is 8.66. The number of carbonyl (C=O) groups excluding carboxylic acids is 2. The summed E-state index contributed by atoms with van der Waals surface area (Å²) in [5.74, 6) is 0.137. The Morgan fingerprint density at radius 1 is 1.32 bits per heavy atom. The number of ketones is 1. The van der Waals surface area contributed by atoms with E-state index in [9.17, 15) is 9.59 Å². The molecule has 1 aliphatic rings. The van der Waals surface area contributed by atoms with Gasteiger partial charge in [-0.15, -0.1) is 11.3 Å². The van der Waals surface area contributed by atoms with Gasteiger partial charge in [-0.25, -0.2) is 4.98 Å². The van der Waals surface area contributed by atoms with E-state index in [0.717, 1.165) is 24.4 Å². The highest BCUT2D eigenvalue weighted by atomic mass is 32.1. The number of amides is 1. The van der Waals surface area contributed by atoms with Crippen LogP contribution in [0.25, 0.3) is 0 Å². The molecule has 1 aromatic heterocycles. The molecule has 2 aromatic rings. The minimum absolute atomic E-state index is 0.0520. The van der Waals surface area contributed by atoms with Crippen molar-refractivity contribution in [3.8, 4) is 0 Å². The van der Waals surface area contributed by atoms with Gasteiger partial charge in [0.2, 0.25) is 0 Å². The van der Waals surface area contributed by atoms with Gasteiger partial charge in [0.25, 0.3) is 5.91 Å². The van der Waals surface area contributed by atoms with Crippen LogP contribution in [0, 0.1) is 5.92 Å². The number of anilines is 1. The van der Waals surface area contributed by atoms with Gasteiger partial charge in [-0.1, -0.05) is 30.3 Å². The average molecular weight is 357 g/mol.